The van der Waals surface area contributed by atoms with Gasteiger partial charge < -0.3 is 0 Å². The average molecular weight is 136 g/mol. The molecule has 2 nitrogen and oxygen atoms in total. The standard InChI is InChI=1S/C8H12N2/c1-3-5-6-7-8(4-2)10-9/h3-7,9H,1-2H3/b5-3+,7-6-,8-4+,10-9?. The van der Waals surface area contributed by atoms with Gasteiger partial charge in [0.25, 0.3) is 0 Å². The van der Waals surface area contributed by atoms with Gasteiger partial charge in [-0.15, -0.1) is 0 Å². The molecule has 2 heteroatoms. The highest BCUT2D eigenvalue weighted by molar-refractivity contribution is 5.19. The molecule has 0 bridgehead atoms. The van der Waals surface area contributed by atoms with E-state index in [0.717, 1.165) is 0 Å². The number of rotatable bonds is 3. The van der Waals surface area contributed by atoms with Crippen LogP contribution in [-0.2, 0) is 0 Å². The van der Waals surface area contributed by atoms with Gasteiger partial charge in [0.05, 0.1) is 5.70 Å². The highest BCUT2D eigenvalue weighted by Gasteiger charge is 1.79. The Balaban J connectivity index is 3.98. The van der Waals surface area contributed by atoms with E-state index in [1.54, 1.807) is 12.2 Å². The molecule has 0 unspecified atom stereocenters. The quantitative estimate of drug-likeness (QED) is 0.457. The molecular formula is C8H12N2. The van der Waals surface area contributed by atoms with Crippen LogP contribution < -0.4 is 0 Å². The monoisotopic (exact) mass is 136 g/mol. The lowest BCUT2D eigenvalue weighted by atomic mass is 10.3. The fourth-order valence-corrected chi connectivity index (χ4v) is 0.463. The van der Waals surface area contributed by atoms with Gasteiger partial charge in [-0.05, 0) is 19.9 Å². The molecule has 0 aromatic rings. The second-order valence-electron chi connectivity index (χ2n) is 1.71. The highest BCUT2D eigenvalue weighted by atomic mass is 15.0. The smallest absolute Gasteiger partial charge is 0.0807 e. The Morgan fingerprint density at radius 1 is 1.30 bits per heavy atom. The first-order valence-corrected chi connectivity index (χ1v) is 3.18. The van der Waals surface area contributed by atoms with Crippen LogP contribution in [0.2, 0.25) is 0 Å². The lowest BCUT2D eigenvalue weighted by molar-refractivity contribution is 1.09. The second kappa shape index (κ2) is 5.95. The minimum absolute atomic E-state index is 0.679. The van der Waals surface area contributed by atoms with Crippen molar-refractivity contribution in [1.29, 1.82) is 5.53 Å². The molecule has 0 aliphatic carbocycles. The molecule has 0 spiro atoms. The number of nitrogens with one attached hydrogen (secondary N) is 1. The number of nitrogens with zero attached hydrogens (tertiary/aromatic N) is 1. The minimum atomic E-state index is 0.679. The predicted molar refractivity (Wildman–Crippen MR) is 42.9 cm³/mol. The minimum Gasteiger partial charge on any atom is -0.204 e. The van der Waals surface area contributed by atoms with Gasteiger partial charge in [0.15, 0.2) is 0 Å². The van der Waals surface area contributed by atoms with Crippen molar-refractivity contribution < 1.29 is 0 Å². The SMILES string of the molecule is C/C=C/C=C\C(=C/C)N=N. The topological polar surface area (TPSA) is 36.2 Å². The zero-order chi connectivity index (χ0) is 7.82. The molecule has 0 saturated carbocycles. The van der Waals surface area contributed by atoms with Crippen LogP contribution in [0.15, 0.2) is 41.2 Å². The van der Waals surface area contributed by atoms with Crippen LogP contribution in [-0.4, -0.2) is 0 Å². The van der Waals surface area contributed by atoms with Gasteiger partial charge >= 0.3 is 0 Å². The van der Waals surface area contributed by atoms with Gasteiger partial charge in [-0.25, -0.2) is 5.53 Å². The summed E-state index contributed by atoms with van der Waals surface area (Å²) >= 11 is 0. The van der Waals surface area contributed by atoms with Crippen LogP contribution in [0.25, 0.3) is 0 Å². The molecule has 0 radical (unpaired) electrons. The molecular weight excluding hydrogens is 124 g/mol. The van der Waals surface area contributed by atoms with E-state index in [9.17, 15) is 0 Å². The van der Waals surface area contributed by atoms with E-state index in [4.69, 9.17) is 5.53 Å². The molecule has 0 amide bonds. The normalized spacial score (nSPS) is 13.2. The first kappa shape index (κ1) is 8.82. The predicted octanol–water partition coefficient (Wildman–Crippen LogP) is 3.05. The summed E-state index contributed by atoms with van der Waals surface area (Å²) in [7, 11) is 0. The summed E-state index contributed by atoms with van der Waals surface area (Å²) in [5.41, 5.74) is 7.36. The third-order valence-electron chi connectivity index (χ3n) is 0.995. The zero-order valence-electron chi connectivity index (χ0n) is 6.33. The summed E-state index contributed by atoms with van der Waals surface area (Å²) in [6.45, 7) is 3.80. The fourth-order valence-electron chi connectivity index (χ4n) is 0.463. The van der Waals surface area contributed by atoms with E-state index in [-0.39, 0.29) is 0 Å². The Morgan fingerprint density at radius 3 is 2.40 bits per heavy atom. The number of hydrogen-bond donors (Lipinski definition) is 1. The first-order valence-electron chi connectivity index (χ1n) is 3.18. The second-order valence-corrected chi connectivity index (χ2v) is 1.71. The number of allylic oxidation sites excluding steroid dienone is 5. The Labute approximate surface area is 61.5 Å². The molecule has 10 heavy (non-hydrogen) atoms. The maximum absolute atomic E-state index is 6.68. The summed E-state index contributed by atoms with van der Waals surface area (Å²) < 4.78 is 0. The van der Waals surface area contributed by atoms with Gasteiger partial charge in [0.2, 0.25) is 0 Å². The van der Waals surface area contributed by atoms with Crippen molar-refractivity contribution >= 4 is 0 Å². The van der Waals surface area contributed by atoms with E-state index < -0.39 is 0 Å². The zero-order valence-corrected chi connectivity index (χ0v) is 6.33. The molecule has 0 aromatic carbocycles. The third kappa shape index (κ3) is 3.78. The third-order valence-corrected chi connectivity index (χ3v) is 0.995. The van der Waals surface area contributed by atoms with Gasteiger partial charge in [0.1, 0.15) is 0 Å². The molecule has 0 heterocycles. The van der Waals surface area contributed by atoms with Crippen molar-refractivity contribution in [2.45, 2.75) is 13.8 Å². The molecule has 0 atom stereocenters. The van der Waals surface area contributed by atoms with Crippen molar-refractivity contribution in [2.75, 3.05) is 0 Å². The van der Waals surface area contributed by atoms with E-state index in [0.29, 0.717) is 5.70 Å². The van der Waals surface area contributed by atoms with Crippen LogP contribution in [0.4, 0.5) is 0 Å². The van der Waals surface area contributed by atoms with Crippen molar-refractivity contribution in [3.05, 3.63) is 36.1 Å². The molecule has 0 aromatic heterocycles. The summed E-state index contributed by atoms with van der Waals surface area (Å²) in [6.07, 6.45) is 9.25. The van der Waals surface area contributed by atoms with Crippen LogP contribution in [0.1, 0.15) is 13.8 Å². The molecule has 0 rings (SSSR count). The Kier molecular flexibility index (Phi) is 5.25. The van der Waals surface area contributed by atoms with E-state index in [1.807, 2.05) is 32.1 Å². The maximum atomic E-state index is 6.68. The van der Waals surface area contributed by atoms with Crippen molar-refractivity contribution in [3.63, 3.8) is 0 Å². The van der Waals surface area contributed by atoms with Gasteiger partial charge in [0, 0.05) is 0 Å². The summed E-state index contributed by atoms with van der Waals surface area (Å²) in [5, 5.41) is 3.27. The molecule has 0 saturated heterocycles. The average Bonchev–Trinajstić information content (AvgIpc) is 1.99. The lowest BCUT2D eigenvalue weighted by Gasteiger charge is -1.83. The Bertz CT molecular complexity index is 176. The van der Waals surface area contributed by atoms with Crippen LogP contribution >= 0.6 is 0 Å². The largest absolute Gasteiger partial charge is 0.204 e. The van der Waals surface area contributed by atoms with E-state index in [2.05, 4.69) is 5.11 Å². The maximum Gasteiger partial charge on any atom is 0.0807 e. The van der Waals surface area contributed by atoms with E-state index >= 15 is 0 Å². The van der Waals surface area contributed by atoms with Crippen LogP contribution in [0.3, 0.4) is 0 Å². The van der Waals surface area contributed by atoms with Crippen molar-refractivity contribution in [2.24, 2.45) is 5.11 Å². The number of hydrogen-bond acceptors (Lipinski definition) is 2. The van der Waals surface area contributed by atoms with Crippen molar-refractivity contribution in [1.82, 2.24) is 0 Å². The molecule has 54 valence electrons. The Morgan fingerprint density at radius 2 is 2.00 bits per heavy atom. The first-order chi connectivity index (χ1) is 4.85. The summed E-state index contributed by atoms with van der Waals surface area (Å²) in [6, 6.07) is 0. The summed E-state index contributed by atoms with van der Waals surface area (Å²) in [4.78, 5) is 0. The van der Waals surface area contributed by atoms with Gasteiger partial charge in [-0.3, -0.25) is 0 Å². The fraction of sp³-hybridized carbons (Fsp3) is 0.250. The lowest BCUT2D eigenvalue weighted by Crippen LogP contribution is -1.64. The molecule has 0 aliphatic heterocycles. The molecule has 0 fully saturated rings. The molecule has 1 N–H and O–H groups in total. The van der Waals surface area contributed by atoms with Gasteiger partial charge in [-0.1, -0.05) is 24.3 Å². The Hall–Kier alpha value is -1.18. The van der Waals surface area contributed by atoms with Gasteiger partial charge in [-0.2, -0.15) is 5.11 Å². The summed E-state index contributed by atoms with van der Waals surface area (Å²) in [5.74, 6) is 0. The van der Waals surface area contributed by atoms with Crippen molar-refractivity contribution in [3.8, 4) is 0 Å². The van der Waals surface area contributed by atoms with Crippen LogP contribution in [0, 0.1) is 5.53 Å². The van der Waals surface area contributed by atoms with E-state index in [1.165, 1.54) is 0 Å². The van der Waals surface area contributed by atoms with Crippen LogP contribution in [0.5, 0.6) is 0 Å². The highest BCUT2D eigenvalue weighted by Crippen LogP contribution is 1.96. The molecule has 0 aliphatic rings.